The fraction of sp³-hybridized carbons (Fsp3) is 0.478. The molecule has 5 amide bonds. The number of carbonyl (C=O) groups is 5. The van der Waals surface area contributed by atoms with E-state index in [1.165, 1.54) is 0 Å². The number of piperidine rings is 1. The van der Waals surface area contributed by atoms with Gasteiger partial charge in [0.05, 0.1) is 22.7 Å². The molecule has 3 aromatic rings. The Hall–Kier alpha value is -5.49. The van der Waals surface area contributed by atoms with E-state index in [1.54, 1.807) is 30.3 Å². The third kappa shape index (κ3) is 6.30. The van der Waals surface area contributed by atoms with Crippen LogP contribution in [0.1, 0.15) is 77.2 Å². The zero-order chi connectivity index (χ0) is 42.7. The quantitative estimate of drug-likeness (QED) is 0.249. The summed E-state index contributed by atoms with van der Waals surface area (Å²) in [6, 6.07) is 16.8. The van der Waals surface area contributed by atoms with Crippen molar-refractivity contribution in [3.8, 4) is 5.75 Å². The molecule has 1 unspecified atom stereocenters. The largest absolute Gasteiger partial charge is 0.489 e. The Bertz CT molecular complexity index is 2430. The summed E-state index contributed by atoms with van der Waals surface area (Å²) in [4.78, 5) is 80.8. The van der Waals surface area contributed by atoms with Gasteiger partial charge in [-0.25, -0.2) is 4.85 Å². The fourth-order valence-corrected chi connectivity index (χ4v) is 11.9. The van der Waals surface area contributed by atoms with Gasteiger partial charge in [-0.3, -0.25) is 44.0 Å². The first-order valence-corrected chi connectivity index (χ1v) is 21.6. The highest BCUT2D eigenvalue weighted by Gasteiger charge is 2.67. The number of halogens is 1. The van der Waals surface area contributed by atoms with Crippen LogP contribution in [0.15, 0.2) is 54.6 Å². The summed E-state index contributed by atoms with van der Waals surface area (Å²) in [6.45, 7) is 24.1. The van der Waals surface area contributed by atoms with E-state index in [4.69, 9.17) is 22.9 Å². The van der Waals surface area contributed by atoms with Crippen molar-refractivity contribution in [3.05, 3.63) is 93.3 Å². The molecule has 0 aromatic heterocycles. The van der Waals surface area contributed by atoms with Crippen molar-refractivity contribution in [2.75, 3.05) is 62.2 Å². The number of nitrogens with zero attached hydrogens (tertiary/aromatic N) is 7. The lowest BCUT2D eigenvalue weighted by atomic mass is 9.49. The smallest absolute Gasteiger partial charge is 0.262 e. The lowest BCUT2D eigenvalue weighted by Gasteiger charge is -2.65. The molecule has 6 heterocycles. The van der Waals surface area contributed by atoms with Crippen LogP contribution in [0, 0.1) is 17.4 Å². The van der Waals surface area contributed by atoms with Gasteiger partial charge in [0.1, 0.15) is 17.9 Å². The standard InChI is InChI=1S/C46H49ClN8O6/c1-45(2)43(46(3,4)44(45)61-31-8-11-36(48-5)35(47)20-31)54-21-26-18-27(6-9-32(26)40(54)58)50-14-16-51(17-15-50)29-22-53(23-29)30-24-52(25-30)28-7-10-33-34(19-28)42(60)55(41(33)59)37-12-13-38(56)49-39(37)57/h6-11,18-20,29-30,37,43-44H,12-17,21-25H2,1-4H3,(H,49,56,57). The van der Waals surface area contributed by atoms with E-state index in [2.05, 4.69) is 69.6 Å². The maximum Gasteiger partial charge on any atom is 0.262 e. The number of hydrogen-bond donors (Lipinski definition) is 1. The molecule has 15 heteroatoms. The molecule has 0 bridgehead atoms. The van der Waals surface area contributed by atoms with E-state index in [-0.39, 0.29) is 41.7 Å². The minimum atomic E-state index is -0.971. The summed E-state index contributed by atoms with van der Waals surface area (Å²) in [5.74, 6) is -1.27. The summed E-state index contributed by atoms with van der Waals surface area (Å²) >= 11 is 6.32. The van der Waals surface area contributed by atoms with Gasteiger partial charge in [-0.1, -0.05) is 45.4 Å². The molecule has 10 rings (SSSR count). The minimum absolute atomic E-state index is 0.0310. The molecule has 1 N–H and O–H groups in total. The number of likely N-dealkylation sites (tertiary alicyclic amines) is 1. The third-order valence-corrected chi connectivity index (χ3v) is 14.8. The molecule has 14 nitrogen and oxygen atoms in total. The topological polar surface area (TPSA) is 130 Å². The third-order valence-electron chi connectivity index (χ3n) is 14.5. The van der Waals surface area contributed by atoms with Crippen LogP contribution >= 0.6 is 11.6 Å². The first-order valence-electron chi connectivity index (χ1n) is 21.2. The molecule has 1 atom stereocenters. The number of amides is 5. The number of carbonyl (C=O) groups excluding carboxylic acids is 5. The normalized spacial score (nSPS) is 26.4. The highest BCUT2D eigenvalue weighted by molar-refractivity contribution is 6.33. The van der Waals surface area contributed by atoms with Crippen LogP contribution in [0.4, 0.5) is 17.1 Å². The van der Waals surface area contributed by atoms with Crippen molar-refractivity contribution >= 4 is 58.2 Å². The number of imide groups is 2. The van der Waals surface area contributed by atoms with Crippen molar-refractivity contribution in [2.24, 2.45) is 10.8 Å². The van der Waals surface area contributed by atoms with Gasteiger partial charge in [-0.15, -0.1) is 0 Å². The van der Waals surface area contributed by atoms with Crippen LogP contribution in [-0.2, 0) is 16.1 Å². The SMILES string of the molecule is [C-]#[N+]c1ccc(OC2C(C)(C)C(N3Cc4cc(N5CCN(C6CN(C7CN(c8ccc9c(c8)C(=O)N(C8CCC(=O)NC8=O)C9=O)C7)C6)CC5)ccc4C3=O)C2(C)C)cc1Cl. The molecule has 3 aromatic carbocycles. The van der Waals surface area contributed by atoms with Crippen LogP contribution in [0.25, 0.3) is 4.85 Å². The Balaban J connectivity index is 0.701. The van der Waals surface area contributed by atoms with Gasteiger partial charge >= 0.3 is 0 Å². The van der Waals surface area contributed by atoms with Crippen LogP contribution in [0.5, 0.6) is 5.75 Å². The summed E-state index contributed by atoms with van der Waals surface area (Å²) < 4.78 is 6.51. The maximum atomic E-state index is 13.9. The molecule has 6 aliphatic heterocycles. The van der Waals surface area contributed by atoms with Crippen LogP contribution < -0.4 is 19.9 Å². The molecule has 5 fully saturated rings. The number of piperazine rings is 1. The Labute approximate surface area is 360 Å². The fourth-order valence-electron chi connectivity index (χ4n) is 11.7. The maximum absolute atomic E-state index is 13.9. The van der Waals surface area contributed by atoms with Crippen LogP contribution in [0.2, 0.25) is 5.02 Å². The van der Waals surface area contributed by atoms with Gasteiger partial charge in [0, 0.05) is 111 Å². The van der Waals surface area contributed by atoms with E-state index in [1.807, 2.05) is 17.0 Å². The molecule has 0 radical (unpaired) electrons. The molecular formula is C46H49ClN8O6. The van der Waals surface area contributed by atoms with E-state index < -0.39 is 29.7 Å². The zero-order valence-electron chi connectivity index (χ0n) is 34.8. The molecule has 61 heavy (non-hydrogen) atoms. The second-order valence-electron chi connectivity index (χ2n) is 18.9. The van der Waals surface area contributed by atoms with E-state index in [9.17, 15) is 24.0 Å². The molecule has 316 valence electrons. The predicted molar refractivity (Wildman–Crippen MR) is 228 cm³/mol. The first-order chi connectivity index (χ1) is 29.1. The lowest BCUT2D eigenvalue weighted by Crippen LogP contribution is -2.74. The number of ether oxygens (including phenoxy) is 1. The molecule has 4 saturated heterocycles. The summed E-state index contributed by atoms with van der Waals surface area (Å²) in [7, 11) is 0. The second kappa shape index (κ2) is 14.3. The minimum Gasteiger partial charge on any atom is -0.489 e. The lowest BCUT2D eigenvalue weighted by molar-refractivity contribution is -0.199. The number of rotatable bonds is 8. The summed E-state index contributed by atoms with van der Waals surface area (Å²) in [5.41, 5.74) is 4.26. The van der Waals surface area contributed by atoms with Gasteiger partial charge in [0.15, 0.2) is 0 Å². The zero-order valence-corrected chi connectivity index (χ0v) is 35.6. The Kier molecular flexibility index (Phi) is 9.28. The number of nitrogens with one attached hydrogen (secondary N) is 1. The highest BCUT2D eigenvalue weighted by Crippen LogP contribution is 2.59. The second-order valence-corrected chi connectivity index (χ2v) is 19.3. The monoisotopic (exact) mass is 844 g/mol. The van der Waals surface area contributed by atoms with Crippen molar-refractivity contribution in [1.82, 2.24) is 24.9 Å². The van der Waals surface area contributed by atoms with Crippen molar-refractivity contribution in [1.29, 1.82) is 0 Å². The van der Waals surface area contributed by atoms with E-state index in [0.717, 1.165) is 79.8 Å². The van der Waals surface area contributed by atoms with Crippen molar-refractivity contribution in [3.63, 3.8) is 0 Å². The van der Waals surface area contributed by atoms with Gasteiger partial charge in [0.2, 0.25) is 17.5 Å². The highest BCUT2D eigenvalue weighted by atomic mass is 35.5. The average Bonchev–Trinajstić information content (AvgIpc) is 3.64. The molecule has 1 saturated carbocycles. The summed E-state index contributed by atoms with van der Waals surface area (Å²) in [6.07, 6.45) is 0.0734. The van der Waals surface area contributed by atoms with Crippen LogP contribution in [0.3, 0.4) is 0 Å². The van der Waals surface area contributed by atoms with Gasteiger partial charge in [-0.05, 0) is 60.5 Å². The number of benzene rings is 3. The molecule has 1 aliphatic carbocycles. The molecule has 0 spiro atoms. The predicted octanol–water partition coefficient (Wildman–Crippen LogP) is 4.82. The van der Waals surface area contributed by atoms with Crippen LogP contribution in [-0.4, -0.2) is 132 Å². The van der Waals surface area contributed by atoms with Crippen molar-refractivity contribution in [2.45, 2.75) is 77.4 Å². The van der Waals surface area contributed by atoms with Gasteiger partial charge in [0.25, 0.3) is 17.7 Å². The number of fused-ring (bicyclic) bond motifs is 2. The number of anilines is 2. The Morgan fingerprint density at radius 1 is 0.738 bits per heavy atom. The number of hydrogen-bond acceptors (Lipinski definition) is 10. The Morgan fingerprint density at radius 2 is 1.39 bits per heavy atom. The molecular weight excluding hydrogens is 796 g/mol. The van der Waals surface area contributed by atoms with E-state index in [0.29, 0.717) is 46.2 Å². The molecule has 7 aliphatic rings. The van der Waals surface area contributed by atoms with Crippen molar-refractivity contribution < 1.29 is 28.7 Å². The summed E-state index contributed by atoms with van der Waals surface area (Å²) in [5, 5.41) is 2.62. The van der Waals surface area contributed by atoms with Gasteiger partial charge < -0.3 is 19.4 Å². The first kappa shape index (κ1) is 39.6. The van der Waals surface area contributed by atoms with E-state index >= 15 is 0 Å². The van der Waals surface area contributed by atoms with Gasteiger partial charge in [-0.2, -0.15) is 0 Å². The average molecular weight is 845 g/mol. The Morgan fingerprint density at radius 3 is 2.07 bits per heavy atom.